The number of nitrogen functional groups attached to an aromatic ring is 1. The molecular formula is C12H18N4O. The summed E-state index contributed by atoms with van der Waals surface area (Å²) in [6, 6.07) is 0. The maximum atomic E-state index is 11.8. The van der Waals surface area contributed by atoms with Gasteiger partial charge in [-0.05, 0) is 31.1 Å². The van der Waals surface area contributed by atoms with Crippen LogP contribution in [-0.2, 0) is 11.3 Å². The van der Waals surface area contributed by atoms with E-state index in [4.69, 9.17) is 5.73 Å². The molecule has 2 aliphatic rings. The molecule has 3 N–H and O–H groups in total. The lowest BCUT2D eigenvalue weighted by atomic mass is 10.0. The number of carbonyl (C=O) groups is 1. The molecule has 5 nitrogen and oxygen atoms in total. The first-order chi connectivity index (χ1) is 8.22. The van der Waals surface area contributed by atoms with Crippen molar-refractivity contribution in [1.82, 2.24) is 15.1 Å². The van der Waals surface area contributed by atoms with Gasteiger partial charge in [-0.1, -0.05) is 0 Å². The Bertz CT molecular complexity index is 418. The zero-order valence-corrected chi connectivity index (χ0v) is 9.80. The summed E-state index contributed by atoms with van der Waals surface area (Å²) in [4.78, 5) is 11.8. The van der Waals surface area contributed by atoms with E-state index in [0.29, 0.717) is 18.8 Å². The predicted octanol–water partition coefficient (Wildman–Crippen LogP) is 0.628. The van der Waals surface area contributed by atoms with Crippen LogP contribution in [0, 0.1) is 17.8 Å². The number of hydrogen-bond acceptors (Lipinski definition) is 3. The molecule has 1 aromatic heterocycles. The van der Waals surface area contributed by atoms with Gasteiger partial charge in [-0.25, -0.2) is 0 Å². The quantitative estimate of drug-likeness (QED) is 0.802. The minimum atomic E-state index is 0.220. The molecular weight excluding hydrogens is 216 g/mol. The molecule has 0 saturated heterocycles. The molecule has 1 aromatic rings. The fourth-order valence-corrected chi connectivity index (χ4v) is 2.87. The Morgan fingerprint density at radius 1 is 1.47 bits per heavy atom. The minimum absolute atomic E-state index is 0.220. The zero-order valence-electron chi connectivity index (χ0n) is 9.80. The van der Waals surface area contributed by atoms with Crippen LogP contribution in [0.2, 0.25) is 0 Å². The summed E-state index contributed by atoms with van der Waals surface area (Å²) >= 11 is 0. The lowest BCUT2D eigenvalue weighted by Gasteiger charge is -2.12. The number of nitrogens with two attached hydrogens (primary N) is 1. The third-order valence-electron chi connectivity index (χ3n) is 3.91. The average Bonchev–Trinajstić information content (AvgIpc) is 2.74. The Balaban J connectivity index is 1.40. The second-order valence-corrected chi connectivity index (χ2v) is 5.25. The van der Waals surface area contributed by atoms with Crippen LogP contribution in [0.25, 0.3) is 0 Å². The molecule has 0 radical (unpaired) electrons. The van der Waals surface area contributed by atoms with Crippen molar-refractivity contribution in [2.24, 2.45) is 17.8 Å². The number of nitrogens with zero attached hydrogens (tertiary/aromatic N) is 2. The first-order valence-electron chi connectivity index (χ1n) is 6.28. The van der Waals surface area contributed by atoms with Crippen molar-refractivity contribution >= 4 is 11.6 Å². The lowest BCUT2D eigenvalue weighted by molar-refractivity contribution is -0.125. The smallest absolute Gasteiger partial charge is 0.223 e. The van der Waals surface area contributed by atoms with E-state index >= 15 is 0 Å². The van der Waals surface area contributed by atoms with E-state index in [1.165, 1.54) is 6.42 Å². The van der Waals surface area contributed by atoms with Crippen LogP contribution in [-0.4, -0.2) is 22.2 Å². The van der Waals surface area contributed by atoms with Gasteiger partial charge in [-0.2, -0.15) is 5.10 Å². The summed E-state index contributed by atoms with van der Waals surface area (Å²) in [7, 11) is 0. The highest BCUT2D eigenvalue weighted by Crippen LogP contribution is 2.54. The summed E-state index contributed by atoms with van der Waals surface area (Å²) in [5, 5.41) is 7.05. The van der Waals surface area contributed by atoms with Crippen molar-refractivity contribution in [3.63, 3.8) is 0 Å². The van der Waals surface area contributed by atoms with E-state index in [-0.39, 0.29) is 11.8 Å². The van der Waals surface area contributed by atoms with Crippen molar-refractivity contribution in [3.8, 4) is 0 Å². The van der Waals surface area contributed by atoms with E-state index < -0.39 is 0 Å². The molecule has 2 fully saturated rings. The van der Waals surface area contributed by atoms with Crippen LogP contribution in [0.1, 0.15) is 19.3 Å². The number of aromatic nitrogens is 2. The average molecular weight is 234 g/mol. The highest BCUT2D eigenvalue weighted by atomic mass is 16.1. The van der Waals surface area contributed by atoms with Crippen molar-refractivity contribution in [1.29, 1.82) is 0 Å². The number of rotatable bonds is 4. The fraction of sp³-hybridized carbons (Fsp3) is 0.667. The minimum Gasteiger partial charge on any atom is -0.396 e. The third-order valence-corrected chi connectivity index (χ3v) is 3.91. The summed E-state index contributed by atoms with van der Waals surface area (Å²) < 4.78 is 1.75. The Hall–Kier alpha value is -1.52. The van der Waals surface area contributed by atoms with Gasteiger partial charge in [0.1, 0.15) is 0 Å². The molecule has 2 aliphatic carbocycles. The Kier molecular flexibility index (Phi) is 2.53. The van der Waals surface area contributed by atoms with Gasteiger partial charge in [0.05, 0.1) is 18.4 Å². The van der Waals surface area contributed by atoms with E-state index in [1.54, 1.807) is 17.1 Å². The van der Waals surface area contributed by atoms with E-state index in [2.05, 4.69) is 10.4 Å². The SMILES string of the molecule is Nc1cnn(CCNC(=O)C2CC3CC3C2)c1. The highest BCUT2D eigenvalue weighted by molar-refractivity contribution is 5.79. The summed E-state index contributed by atoms with van der Waals surface area (Å²) in [5.74, 6) is 2.20. The van der Waals surface area contributed by atoms with Gasteiger partial charge < -0.3 is 11.1 Å². The normalized spacial score (nSPS) is 30.0. The lowest BCUT2D eigenvalue weighted by Crippen LogP contribution is -2.32. The molecule has 0 aliphatic heterocycles. The molecule has 5 heteroatoms. The first-order valence-corrected chi connectivity index (χ1v) is 6.28. The molecule has 2 atom stereocenters. The number of fused-ring (bicyclic) bond motifs is 1. The number of hydrogen-bond donors (Lipinski definition) is 2. The zero-order chi connectivity index (χ0) is 11.8. The second-order valence-electron chi connectivity index (χ2n) is 5.25. The van der Waals surface area contributed by atoms with Crippen LogP contribution in [0.4, 0.5) is 5.69 Å². The second kappa shape index (κ2) is 4.05. The van der Waals surface area contributed by atoms with Crippen LogP contribution < -0.4 is 11.1 Å². The maximum Gasteiger partial charge on any atom is 0.223 e. The molecule has 3 rings (SSSR count). The third kappa shape index (κ3) is 2.28. The number of anilines is 1. The number of carbonyl (C=O) groups excluding carboxylic acids is 1. The Labute approximate surface area is 100 Å². The summed E-state index contributed by atoms with van der Waals surface area (Å²) in [6.07, 6.45) is 6.95. The molecule has 2 saturated carbocycles. The van der Waals surface area contributed by atoms with Gasteiger partial charge in [0.2, 0.25) is 5.91 Å². The van der Waals surface area contributed by atoms with Crippen LogP contribution in [0.5, 0.6) is 0 Å². The van der Waals surface area contributed by atoms with Crippen LogP contribution in [0.15, 0.2) is 12.4 Å². The number of nitrogens with one attached hydrogen (secondary N) is 1. The molecule has 92 valence electrons. The van der Waals surface area contributed by atoms with Gasteiger partial charge in [-0.15, -0.1) is 0 Å². The molecule has 17 heavy (non-hydrogen) atoms. The Morgan fingerprint density at radius 2 is 2.24 bits per heavy atom. The first kappa shape index (κ1) is 10.6. The maximum absolute atomic E-state index is 11.8. The van der Waals surface area contributed by atoms with Crippen molar-refractivity contribution in [2.75, 3.05) is 12.3 Å². The van der Waals surface area contributed by atoms with Crippen LogP contribution >= 0.6 is 0 Å². The fourth-order valence-electron chi connectivity index (χ4n) is 2.87. The highest BCUT2D eigenvalue weighted by Gasteiger charge is 2.47. The van der Waals surface area contributed by atoms with Crippen molar-refractivity contribution in [2.45, 2.75) is 25.8 Å². The van der Waals surface area contributed by atoms with E-state index in [9.17, 15) is 4.79 Å². The van der Waals surface area contributed by atoms with Gasteiger partial charge in [0.15, 0.2) is 0 Å². The van der Waals surface area contributed by atoms with Crippen molar-refractivity contribution in [3.05, 3.63) is 12.4 Å². The van der Waals surface area contributed by atoms with E-state index in [0.717, 1.165) is 24.7 Å². The molecule has 2 unspecified atom stereocenters. The molecule has 0 spiro atoms. The standard InChI is InChI=1S/C12H18N4O/c13-11-6-15-16(7-11)2-1-14-12(17)10-4-8-3-9(8)5-10/h6-10H,1-5,13H2,(H,14,17). The Morgan fingerprint density at radius 3 is 2.88 bits per heavy atom. The molecule has 1 heterocycles. The largest absolute Gasteiger partial charge is 0.396 e. The predicted molar refractivity (Wildman–Crippen MR) is 64.0 cm³/mol. The molecule has 0 aromatic carbocycles. The topological polar surface area (TPSA) is 72.9 Å². The number of amides is 1. The molecule has 0 bridgehead atoms. The van der Waals surface area contributed by atoms with Crippen molar-refractivity contribution < 1.29 is 4.79 Å². The van der Waals surface area contributed by atoms with Gasteiger partial charge >= 0.3 is 0 Å². The summed E-state index contributed by atoms with van der Waals surface area (Å²) in [6.45, 7) is 1.31. The molecule has 1 amide bonds. The van der Waals surface area contributed by atoms with Gasteiger partial charge in [0, 0.05) is 18.7 Å². The van der Waals surface area contributed by atoms with E-state index in [1.807, 2.05) is 0 Å². The van der Waals surface area contributed by atoms with Gasteiger partial charge in [-0.3, -0.25) is 9.48 Å². The van der Waals surface area contributed by atoms with Crippen LogP contribution in [0.3, 0.4) is 0 Å². The monoisotopic (exact) mass is 234 g/mol. The van der Waals surface area contributed by atoms with Gasteiger partial charge in [0.25, 0.3) is 0 Å². The summed E-state index contributed by atoms with van der Waals surface area (Å²) in [5.41, 5.74) is 6.22.